The van der Waals surface area contributed by atoms with Gasteiger partial charge in [-0.25, -0.2) is 0 Å². The zero-order valence-corrected chi connectivity index (χ0v) is 17.4. The predicted molar refractivity (Wildman–Crippen MR) is 108 cm³/mol. The van der Waals surface area contributed by atoms with Crippen molar-refractivity contribution >= 4 is 5.97 Å². The predicted octanol–water partition coefficient (Wildman–Crippen LogP) is 3.57. The van der Waals surface area contributed by atoms with Crippen molar-refractivity contribution in [2.24, 2.45) is 5.92 Å². The highest BCUT2D eigenvalue weighted by Crippen LogP contribution is 2.34. The van der Waals surface area contributed by atoms with Crippen LogP contribution in [0.4, 0.5) is 13.2 Å². The molecule has 3 unspecified atom stereocenters. The summed E-state index contributed by atoms with van der Waals surface area (Å²) in [5, 5.41) is 6.75. The lowest BCUT2D eigenvalue weighted by atomic mass is 9.91. The van der Waals surface area contributed by atoms with Crippen molar-refractivity contribution in [2.75, 3.05) is 14.2 Å². The number of carbonyl (C=O) groups excluding carboxylic acids is 1. The SMILES string of the molecule is COC(=O)C1C(C)N[C@@H](c2ccccc2)C1NCc1cc(OC(F)(F)F)ccc1OC. The highest BCUT2D eigenvalue weighted by Gasteiger charge is 2.46. The smallest absolute Gasteiger partial charge is 0.496 e. The molecule has 168 valence electrons. The van der Waals surface area contributed by atoms with E-state index in [1.54, 1.807) is 0 Å². The number of rotatable bonds is 7. The van der Waals surface area contributed by atoms with Crippen LogP contribution in [-0.2, 0) is 16.1 Å². The van der Waals surface area contributed by atoms with E-state index in [2.05, 4.69) is 15.4 Å². The fourth-order valence-corrected chi connectivity index (χ4v) is 4.02. The van der Waals surface area contributed by atoms with Crippen molar-refractivity contribution in [1.29, 1.82) is 0 Å². The standard InChI is InChI=1S/C22H25F3N2O4/c1-13-18(21(28)30-3)20(19(27-13)14-7-5-4-6-8-14)26-12-15-11-16(31-22(23,24)25)9-10-17(15)29-2/h4-11,13,18-20,26-27H,12H2,1-3H3/t13?,18?,19-,20?/m0/s1. The number of hydrogen-bond donors (Lipinski definition) is 2. The zero-order chi connectivity index (χ0) is 22.6. The monoisotopic (exact) mass is 438 g/mol. The topological polar surface area (TPSA) is 68.8 Å². The molecule has 1 saturated heterocycles. The van der Waals surface area contributed by atoms with Crippen LogP contribution in [0.2, 0.25) is 0 Å². The summed E-state index contributed by atoms with van der Waals surface area (Å²) in [7, 11) is 2.77. The number of ether oxygens (including phenoxy) is 3. The third kappa shape index (κ3) is 5.48. The van der Waals surface area contributed by atoms with Crippen LogP contribution in [-0.4, -0.2) is 38.6 Å². The van der Waals surface area contributed by atoms with Crippen LogP contribution in [0.1, 0.15) is 24.1 Å². The Kier molecular flexibility index (Phi) is 7.07. The number of halogens is 3. The first kappa shape index (κ1) is 22.9. The molecular weight excluding hydrogens is 413 g/mol. The molecule has 0 aromatic heterocycles. The largest absolute Gasteiger partial charge is 0.573 e. The van der Waals surface area contributed by atoms with Crippen LogP contribution in [0.3, 0.4) is 0 Å². The molecular formula is C22H25F3N2O4. The zero-order valence-electron chi connectivity index (χ0n) is 17.4. The highest BCUT2D eigenvalue weighted by molar-refractivity contribution is 5.75. The third-order valence-electron chi connectivity index (χ3n) is 5.37. The second kappa shape index (κ2) is 9.57. The number of nitrogens with one attached hydrogen (secondary N) is 2. The number of benzene rings is 2. The summed E-state index contributed by atoms with van der Waals surface area (Å²) in [6, 6.07) is 12.8. The molecule has 0 bridgehead atoms. The maximum Gasteiger partial charge on any atom is 0.573 e. The van der Waals surface area contributed by atoms with Crippen molar-refractivity contribution in [3.8, 4) is 11.5 Å². The minimum atomic E-state index is -4.79. The number of carbonyl (C=O) groups is 1. The van der Waals surface area contributed by atoms with Gasteiger partial charge in [-0.2, -0.15) is 0 Å². The van der Waals surface area contributed by atoms with E-state index in [0.29, 0.717) is 11.3 Å². The number of alkyl halides is 3. The lowest BCUT2D eigenvalue weighted by molar-refractivity contribution is -0.274. The maximum absolute atomic E-state index is 12.6. The van der Waals surface area contributed by atoms with E-state index < -0.39 is 12.3 Å². The van der Waals surface area contributed by atoms with Crippen molar-refractivity contribution < 1.29 is 32.2 Å². The molecule has 1 aliphatic heterocycles. The molecule has 31 heavy (non-hydrogen) atoms. The van der Waals surface area contributed by atoms with E-state index >= 15 is 0 Å². The van der Waals surface area contributed by atoms with E-state index in [1.807, 2.05) is 37.3 Å². The van der Waals surface area contributed by atoms with Crippen LogP contribution in [0.5, 0.6) is 11.5 Å². The summed E-state index contributed by atoms with van der Waals surface area (Å²) < 4.78 is 52.2. The normalized spacial score (nSPS) is 23.4. The van der Waals surface area contributed by atoms with Gasteiger partial charge in [0.2, 0.25) is 0 Å². The Bertz CT molecular complexity index is 892. The van der Waals surface area contributed by atoms with Crippen molar-refractivity contribution in [2.45, 2.75) is 38.0 Å². The molecule has 2 N–H and O–H groups in total. The maximum atomic E-state index is 12.6. The number of esters is 1. The average molecular weight is 438 g/mol. The highest BCUT2D eigenvalue weighted by atomic mass is 19.4. The Labute approximate surface area is 178 Å². The molecule has 0 spiro atoms. The Morgan fingerprint density at radius 3 is 2.45 bits per heavy atom. The van der Waals surface area contributed by atoms with Crippen LogP contribution >= 0.6 is 0 Å². The molecule has 1 heterocycles. The third-order valence-corrected chi connectivity index (χ3v) is 5.37. The molecule has 4 atom stereocenters. The van der Waals surface area contributed by atoms with Crippen LogP contribution in [0, 0.1) is 5.92 Å². The fourth-order valence-electron chi connectivity index (χ4n) is 4.02. The fraction of sp³-hybridized carbons (Fsp3) is 0.409. The van der Waals surface area contributed by atoms with Crippen molar-refractivity contribution in [3.63, 3.8) is 0 Å². The van der Waals surface area contributed by atoms with E-state index in [9.17, 15) is 18.0 Å². The van der Waals surface area contributed by atoms with E-state index in [0.717, 1.165) is 5.56 Å². The number of methoxy groups -OCH3 is 2. The lowest BCUT2D eigenvalue weighted by Crippen LogP contribution is -2.42. The minimum absolute atomic E-state index is 0.161. The van der Waals surface area contributed by atoms with Gasteiger partial charge in [0.05, 0.1) is 20.1 Å². The first-order valence-corrected chi connectivity index (χ1v) is 9.78. The summed E-state index contributed by atoms with van der Waals surface area (Å²) in [4.78, 5) is 12.5. The van der Waals surface area contributed by atoms with Crippen LogP contribution < -0.4 is 20.1 Å². The molecule has 1 fully saturated rings. The van der Waals surface area contributed by atoms with Gasteiger partial charge in [-0.1, -0.05) is 30.3 Å². The average Bonchev–Trinajstić information content (AvgIpc) is 3.07. The number of hydrogen-bond acceptors (Lipinski definition) is 6. The summed E-state index contributed by atoms with van der Waals surface area (Å²) >= 11 is 0. The summed E-state index contributed by atoms with van der Waals surface area (Å²) in [6.45, 7) is 2.06. The first-order valence-electron chi connectivity index (χ1n) is 9.78. The summed E-state index contributed by atoms with van der Waals surface area (Å²) in [5.74, 6) is -0.785. The molecule has 0 aliphatic carbocycles. The van der Waals surface area contributed by atoms with Gasteiger partial charge in [-0.15, -0.1) is 13.2 Å². The molecule has 2 aromatic carbocycles. The van der Waals surface area contributed by atoms with Gasteiger partial charge in [0.15, 0.2) is 0 Å². The van der Waals surface area contributed by atoms with Gasteiger partial charge in [0, 0.05) is 30.2 Å². The van der Waals surface area contributed by atoms with Gasteiger partial charge in [0.25, 0.3) is 0 Å². The lowest BCUT2D eigenvalue weighted by Gasteiger charge is -2.25. The van der Waals surface area contributed by atoms with Gasteiger partial charge >= 0.3 is 12.3 Å². The molecule has 0 saturated carbocycles. The second-order valence-electron chi connectivity index (χ2n) is 7.32. The van der Waals surface area contributed by atoms with Crippen molar-refractivity contribution in [3.05, 3.63) is 59.7 Å². The van der Waals surface area contributed by atoms with E-state index in [-0.39, 0.29) is 36.4 Å². The molecule has 9 heteroatoms. The Hall–Kier alpha value is -2.78. The molecule has 6 nitrogen and oxygen atoms in total. The Balaban J connectivity index is 1.87. The van der Waals surface area contributed by atoms with E-state index in [4.69, 9.17) is 9.47 Å². The summed E-state index contributed by atoms with van der Waals surface area (Å²) in [6.07, 6.45) is -4.79. The van der Waals surface area contributed by atoms with Crippen LogP contribution in [0.25, 0.3) is 0 Å². The van der Waals surface area contributed by atoms with Gasteiger partial charge in [-0.3, -0.25) is 4.79 Å². The minimum Gasteiger partial charge on any atom is -0.496 e. The van der Waals surface area contributed by atoms with E-state index in [1.165, 1.54) is 32.4 Å². The Morgan fingerprint density at radius 1 is 1.13 bits per heavy atom. The Morgan fingerprint density at radius 2 is 1.84 bits per heavy atom. The van der Waals surface area contributed by atoms with Gasteiger partial charge in [0.1, 0.15) is 11.5 Å². The second-order valence-corrected chi connectivity index (χ2v) is 7.32. The molecule has 0 amide bonds. The quantitative estimate of drug-likeness (QED) is 0.645. The summed E-state index contributed by atoms with van der Waals surface area (Å²) in [5.41, 5.74) is 1.46. The first-order chi connectivity index (χ1) is 14.7. The van der Waals surface area contributed by atoms with Gasteiger partial charge < -0.3 is 24.8 Å². The molecule has 2 aromatic rings. The molecule has 1 aliphatic rings. The molecule has 3 rings (SSSR count). The van der Waals surface area contributed by atoms with Crippen molar-refractivity contribution in [1.82, 2.24) is 10.6 Å². The molecule has 0 radical (unpaired) electrons. The van der Waals surface area contributed by atoms with Crippen LogP contribution in [0.15, 0.2) is 48.5 Å². The van der Waals surface area contributed by atoms with Gasteiger partial charge in [-0.05, 0) is 30.7 Å².